The lowest BCUT2D eigenvalue weighted by molar-refractivity contribution is 0.101. The molecule has 1 fully saturated rings. The van der Waals surface area contributed by atoms with Gasteiger partial charge in [-0.2, -0.15) is 0 Å². The third-order valence-corrected chi connectivity index (χ3v) is 4.48. The molecule has 1 aromatic heterocycles. The maximum Gasteiger partial charge on any atom is 0.0935 e. The SMILES string of the molecule is CNC(Cc1ccoc1)C1CCCCC1(C)C. The zero-order valence-electron chi connectivity index (χ0n) is 11.3. The summed E-state index contributed by atoms with van der Waals surface area (Å²) < 4.78 is 5.17. The standard InChI is InChI=1S/C15H25NO/c1-15(2)8-5-4-6-13(15)14(16-3)10-12-7-9-17-11-12/h7,9,11,13-14,16H,4-6,8,10H2,1-3H3. The van der Waals surface area contributed by atoms with Gasteiger partial charge in [0, 0.05) is 6.04 Å². The Kier molecular flexibility index (Phi) is 3.93. The molecule has 2 unspecified atom stereocenters. The summed E-state index contributed by atoms with van der Waals surface area (Å²) in [6, 6.07) is 2.66. The lowest BCUT2D eigenvalue weighted by Crippen LogP contribution is -2.44. The molecule has 0 aliphatic heterocycles. The fourth-order valence-electron chi connectivity index (χ4n) is 3.38. The first-order valence-electron chi connectivity index (χ1n) is 6.82. The molecule has 2 rings (SSSR count). The molecule has 0 aromatic carbocycles. The minimum atomic E-state index is 0.468. The van der Waals surface area contributed by atoms with Gasteiger partial charge >= 0.3 is 0 Å². The number of nitrogens with one attached hydrogen (secondary N) is 1. The van der Waals surface area contributed by atoms with Crippen molar-refractivity contribution in [3.05, 3.63) is 24.2 Å². The molecule has 2 atom stereocenters. The van der Waals surface area contributed by atoms with Gasteiger partial charge in [-0.1, -0.05) is 26.7 Å². The number of furan rings is 1. The monoisotopic (exact) mass is 235 g/mol. The van der Waals surface area contributed by atoms with Crippen LogP contribution in [0.1, 0.15) is 45.1 Å². The van der Waals surface area contributed by atoms with Crippen LogP contribution >= 0.6 is 0 Å². The molecule has 1 aromatic rings. The van der Waals surface area contributed by atoms with Gasteiger partial charge in [0.15, 0.2) is 0 Å². The number of rotatable bonds is 4. The maximum atomic E-state index is 5.17. The van der Waals surface area contributed by atoms with Crippen molar-refractivity contribution < 1.29 is 4.42 Å². The molecule has 1 N–H and O–H groups in total. The van der Waals surface area contributed by atoms with Crippen LogP contribution in [-0.4, -0.2) is 13.1 Å². The summed E-state index contributed by atoms with van der Waals surface area (Å²) in [5.74, 6) is 0.774. The third-order valence-electron chi connectivity index (χ3n) is 4.48. The second-order valence-corrected chi connectivity index (χ2v) is 6.07. The molecule has 0 bridgehead atoms. The van der Waals surface area contributed by atoms with Crippen LogP contribution in [0.2, 0.25) is 0 Å². The molecular formula is C15H25NO. The first-order chi connectivity index (χ1) is 8.13. The summed E-state index contributed by atoms with van der Waals surface area (Å²) in [6.45, 7) is 4.85. The number of hydrogen-bond donors (Lipinski definition) is 1. The smallest absolute Gasteiger partial charge is 0.0935 e. The molecule has 0 saturated heterocycles. The molecule has 0 spiro atoms. The van der Waals surface area contributed by atoms with E-state index in [-0.39, 0.29) is 0 Å². The predicted molar refractivity (Wildman–Crippen MR) is 71.0 cm³/mol. The quantitative estimate of drug-likeness (QED) is 0.862. The van der Waals surface area contributed by atoms with Gasteiger partial charge in [0.2, 0.25) is 0 Å². The lowest BCUT2D eigenvalue weighted by atomic mass is 9.65. The van der Waals surface area contributed by atoms with Crippen molar-refractivity contribution in [2.45, 2.75) is 52.0 Å². The van der Waals surface area contributed by atoms with Crippen molar-refractivity contribution in [2.75, 3.05) is 7.05 Å². The normalized spacial score (nSPS) is 25.7. The average Bonchev–Trinajstić information content (AvgIpc) is 2.79. The van der Waals surface area contributed by atoms with Crippen LogP contribution in [0, 0.1) is 11.3 Å². The van der Waals surface area contributed by atoms with Gasteiger partial charge < -0.3 is 9.73 Å². The molecule has 1 heterocycles. The summed E-state index contributed by atoms with van der Waals surface area (Å²) in [5.41, 5.74) is 1.78. The van der Waals surface area contributed by atoms with E-state index in [1.807, 2.05) is 6.26 Å². The van der Waals surface area contributed by atoms with E-state index in [0.29, 0.717) is 11.5 Å². The van der Waals surface area contributed by atoms with E-state index in [1.165, 1.54) is 31.2 Å². The summed E-state index contributed by atoms with van der Waals surface area (Å²) in [7, 11) is 2.09. The molecule has 2 heteroatoms. The Morgan fingerprint density at radius 3 is 2.88 bits per heavy atom. The minimum Gasteiger partial charge on any atom is -0.472 e. The number of hydrogen-bond acceptors (Lipinski definition) is 2. The fourth-order valence-corrected chi connectivity index (χ4v) is 3.38. The molecule has 17 heavy (non-hydrogen) atoms. The highest BCUT2D eigenvalue weighted by Crippen LogP contribution is 2.42. The van der Waals surface area contributed by atoms with Crippen LogP contribution in [-0.2, 0) is 6.42 Å². The zero-order valence-corrected chi connectivity index (χ0v) is 11.3. The van der Waals surface area contributed by atoms with E-state index in [1.54, 1.807) is 6.26 Å². The van der Waals surface area contributed by atoms with Crippen molar-refractivity contribution in [3.63, 3.8) is 0 Å². The van der Waals surface area contributed by atoms with Gasteiger partial charge in [0.1, 0.15) is 0 Å². The van der Waals surface area contributed by atoms with Crippen molar-refractivity contribution in [2.24, 2.45) is 11.3 Å². The van der Waals surface area contributed by atoms with Crippen LogP contribution in [0.15, 0.2) is 23.0 Å². The van der Waals surface area contributed by atoms with E-state index < -0.39 is 0 Å². The van der Waals surface area contributed by atoms with Crippen LogP contribution < -0.4 is 5.32 Å². The largest absolute Gasteiger partial charge is 0.472 e. The van der Waals surface area contributed by atoms with E-state index in [4.69, 9.17) is 4.42 Å². The van der Waals surface area contributed by atoms with E-state index >= 15 is 0 Å². The molecule has 96 valence electrons. The average molecular weight is 235 g/mol. The predicted octanol–water partition coefficient (Wildman–Crippen LogP) is 3.63. The zero-order chi connectivity index (χ0) is 12.3. The highest BCUT2D eigenvalue weighted by molar-refractivity contribution is 5.09. The number of likely N-dealkylation sites (N-methyl/N-ethyl adjacent to an activating group) is 1. The van der Waals surface area contributed by atoms with E-state index in [2.05, 4.69) is 32.3 Å². The molecule has 0 amide bonds. The van der Waals surface area contributed by atoms with E-state index in [0.717, 1.165) is 12.3 Å². The molecular weight excluding hydrogens is 210 g/mol. The van der Waals surface area contributed by atoms with Crippen molar-refractivity contribution >= 4 is 0 Å². The van der Waals surface area contributed by atoms with Gasteiger partial charge in [0.05, 0.1) is 12.5 Å². The van der Waals surface area contributed by atoms with Crippen LogP contribution in [0.25, 0.3) is 0 Å². The first-order valence-corrected chi connectivity index (χ1v) is 6.82. The van der Waals surface area contributed by atoms with Crippen molar-refractivity contribution in [1.82, 2.24) is 5.32 Å². The van der Waals surface area contributed by atoms with Gasteiger partial charge in [-0.3, -0.25) is 0 Å². The lowest BCUT2D eigenvalue weighted by Gasteiger charge is -2.43. The molecule has 1 aliphatic carbocycles. The maximum absolute atomic E-state index is 5.17. The Morgan fingerprint density at radius 2 is 2.29 bits per heavy atom. The highest BCUT2D eigenvalue weighted by atomic mass is 16.3. The van der Waals surface area contributed by atoms with Gasteiger partial charge in [-0.15, -0.1) is 0 Å². The summed E-state index contributed by atoms with van der Waals surface area (Å²) >= 11 is 0. The summed E-state index contributed by atoms with van der Waals surface area (Å²) in [4.78, 5) is 0. The van der Waals surface area contributed by atoms with Crippen LogP contribution in [0.5, 0.6) is 0 Å². The van der Waals surface area contributed by atoms with Crippen molar-refractivity contribution in [3.8, 4) is 0 Å². The Hall–Kier alpha value is -0.760. The van der Waals surface area contributed by atoms with Crippen LogP contribution in [0.4, 0.5) is 0 Å². The highest BCUT2D eigenvalue weighted by Gasteiger charge is 2.36. The summed E-state index contributed by atoms with van der Waals surface area (Å²) in [5, 5.41) is 3.52. The minimum absolute atomic E-state index is 0.468. The molecule has 0 radical (unpaired) electrons. The Labute approximate surface area is 105 Å². The summed E-state index contributed by atoms with van der Waals surface area (Å²) in [6.07, 6.45) is 10.2. The molecule has 1 aliphatic rings. The van der Waals surface area contributed by atoms with Crippen LogP contribution in [0.3, 0.4) is 0 Å². The topological polar surface area (TPSA) is 25.2 Å². The fraction of sp³-hybridized carbons (Fsp3) is 0.733. The van der Waals surface area contributed by atoms with Gasteiger partial charge in [-0.05, 0) is 49.3 Å². The Bertz CT molecular complexity index is 329. The molecule has 2 nitrogen and oxygen atoms in total. The third kappa shape index (κ3) is 2.92. The second kappa shape index (κ2) is 5.26. The van der Waals surface area contributed by atoms with Gasteiger partial charge in [0.25, 0.3) is 0 Å². The van der Waals surface area contributed by atoms with Crippen molar-refractivity contribution in [1.29, 1.82) is 0 Å². The Balaban J connectivity index is 2.06. The second-order valence-electron chi connectivity index (χ2n) is 6.07. The molecule has 1 saturated carbocycles. The Morgan fingerprint density at radius 1 is 1.47 bits per heavy atom. The first kappa shape index (κ1) is 12.7. The van der Waals surface area contributed by atoms with Gasteiger partial charge in [-0.25, -0.2) is 0 Å². The van der Waals surface area contributed by atoms with E-state index in [9.17, 15) is 0 Å².